The largest absolute Gasteiger partial charge is 0.364 e. The second-order valence-corrected chi connectivity index (χ2v) is 6.42. The molecule has 0 saturated heterocycles. The summed E-state index contributed by atoms with van der Waals surface area (Å²) < 4.78 is -0.0567. The van der Waals surface area contributed by atoms with Gasteiger partial charge in [0.15, 0.2) is 0 Å². The first-order chi connectivity index (χ1) is 4.09. The molecular weight excluding hydrogens is 345 g/mol. The number of carbonyl (C=O) groups excluding carboxylic acids is 1. The van der Waals surface area contributed by atoms with Crippen LogP contribution in [0.1, 0.15) is 0 Å². The monoisotopic (exact) mass is 352 g/mol. The molecule has 0 heterocycles. The smallest absolute Gasteiger partial charge is 0.329 e. The Morgan fingerprint density at radius 1 is 1.67 bits per heavy atom. The van der Waals surface area contributed by atoms with Crippen LogP contribution in [0, 0.1) is 0 Å². The average molecular weight is 352 g/mol. The molecule has 4 N–H and O–H groups in total. The summed E-state index contributed by atoms with van der Waals surface area (Å²) in [5.41, 5.74) is 10.5. The fourth-order valence-electron chi connectivity index (χ4n) is 0.278. The van der Waals surface area contributed by atoms with E-state index in [2.05, 4.69) is 0 Å². The van der Waals surface area contributed by atoms with Crippen LogP contribution in [0.5, 0.6) is 0 Å². The van der Waals surface area contributed by atoms with Crippen LogP contribution in [0.4, 0.5) is 0 Å². The van der Waals surface area contributed by atoms with Crippen LogP contribution in [-0.2, 0) is 4.79 Å². The first kappa shape index (κ1) is 10.1. The summed E-state index contributed by atoms with van der Waals surface area (Å²) in [6, 6.07) is -0.483. The van der Waals surface area contributed by atoms with Crippen molar-refractivity contribution in [2.75, 3.05) is 6.54 Å². The highest BCUT2D eigenvalue weighted by atomic mass is 127. The maximum Gasteiger partial charge on any atom is 0.364 e. The first-order valence-electron chi connectivity index (χ1n) is 2.37. The molecule has 0 aromatic rings. The van der Waals surface area contributed by atoms with E-state index in [4.69, 9.17) is 11.5 Å². The third-order valence-electron chi connectivity index (χ3n) is 0.834. The highest BCUT2D eigenvalue weighted by Crippen LogP contribution is 2.06. The number of carbonyl (C=O) groups is 1. The van der Waals surface area contributed by atoms with Gasteiger partial charge in [-0.15, -0.1) is 44.7 Å². The molecule has 1 atom stereocenters. The summed E-state index contributed by atoms with van der Waals surface area (Å²) in [6.07, 6.45) is 0. The average Bonchev–Trinajstić information content (AvgIpc) is 1.84. The van der Waals surface area contributed by atoms with Crippen molar-refractivity contribution in [2.45, 2.75) is 6.04 Å². The summed E-state index contributed by atoms with van der Waals surface area (Å²) in [5.74, 6) is 0. The van der Waals surface area contributed by atoms with Gasteiger partial charge in [-0.05, 0) is 0 Å². The number of rotatable bonds is 3. The van der Waals surface area contributed by atoms with Gasteiger partial charge in [-0.2, -0.15) is 0 Å². The SMILES string of the molecule is NC[C@H](N)C(=O)B(I)I. The Labute approximate surface area is 81.1 Å². The lowest BCUT2D eigenvalue weighted by Gasteiger charge is -2.04. The van der Waals surface area contributed by atoms with Crippen LogP contribution in [0.15, 0.2) is 0 Å². The molecule has 0 fully saturated rings. The van der Waals surface area contributed by atoms with E-state index in [0.29, 0.717) is 0 Å². The molecule has 0 unspecified atom stereocenters. The van der Waals surface area contributed by atoms with Gasteiger partial charge >= 0.3 is 2.43 Å². The van der Waals surface area contributed by atoms with Crippen molar-refractivity contribution < 1.29 is 4.79 Å². The van der Waals surface area contributed by atoms with Gasteiger partial charge < -0.3 is 16.3 Å². The summed E-state index contributed by atoms with van der Waals surface area (Å²) in [5, 5.41) is 0. The highest BCUT2D eigenvalue weighted by molar-refractivity contribution is 14.3. The van der Waals surface area contributed by atoms with E-state index in [9.17, 15) is 4.79 Å². The summed E-state index contributed by atoms with van der Waals surface area (Å²) in [4.78, 5) is 10.9. The molecule has 0 rings (SSSR count). The van der Waals surface area contributed by atoms with Gasteiger partial charge in [-0.1, -0.05) is 0 Å². The first-order valence-corrected chi connectivity index (χ1v) is 4.86. The highest BCUT2D eigenvalue weighted by Gasteiger charge is 2.21. The van der Waals surface area contributed by atoms with Gasteiger partial charge in [0.25, 0.3) is 0 Å². The van der Waals surface area contributed by atoms with Crippen molar-refractivity contribution in [3.63, 3.8) is 0 Å². The maximum absolute atomic E-state index is 10.9. The molecule has 52 valence electrons. The minimum absolute atomic E-state index is 0.0127. The summed E-state index contributed by atoms with van der Waals surface area (Å²) in [6.45, 7) is 0.237. The zero-order valence-corrected chi connectivity index (χ0v) is 9.00. The molecule has 0 aromatic carbocycles. The second-order valence-electron chi connectivity index (χ2n) is 1.55. The number of halogens is 2. The van der Waals surface area contributed by atoms with Crippen LogP contribution in [0.3, 0.4) is 0 Å². The lowest BCUT2D eigenvalue weighted by molar-refractivity contribution is -0.112. The number of hydrogen-bond donors (Lipinski definition) is 2. The molecule has 0 saturated carbocycles. The second kappa shape index (κ2) is 4.86. The summed E-state index contributed by atoms with van der Waals surface area (Å²) in [7, 11) is 0. The molecule has 0 aromatic heterocycles. The van der Waals surface area contributed by atoms with E-state index in [1.165, 1.54) is 0 Å². The van der Waals surface area contributed by atoms with E-state index < -0.39 is 6.04 Å². The fourth-order valence-corrected chi connectivity index (χ4v) is 1.20. The van der Waals surface area contributed by atoms with Crippen LogP contribution in [0.25, 0.3) is 0 Å². The number of nitrogens with two attached hydrogens (primary N) is 2. The quantitative estimate of drug-likeness (QED) is 0.544. The fraction of sp³-hybridized carbons (Fsp3) is 0.667. The molecule has 9 heavy (non-hydrogen) atoms. The Balaban J connectivity index is 3.73. The van der Waals surface area contributed by atoms with E-state index in [1.54, 1.807) is 0 Å². The van der Waals surface area contributed by atoms with Gasteiger partial charge in [-0.3, -0.25) is 0 Å². The van der Waals surface area contributed by atoms with Gasteiger partial charge in [-0.25, -0.2) is 0 Å². The van der Waals surface area contributed by atoms with Gasteiger partial charge in [0.2, 0.25) is 0 Å². The summed E-state index contributed by atoms with van der Waals surface area (Å²) >= 11 is 4.02. The van der Waals surface area contributed by atoms with E-state index >= 15 is 0 Å². The molecule has 0 aliphatic carbocycles. The van der Waals surface area contributed by atoms with Gasteiger partial charge in [0.05, 0.1) is 6.04 Å². The third kappa shape index (κ3) is 3.73. The molecule has 0 aliphatic heterocycles. The molecule has 3 nitrogen and oxygen atoms in total. The molecule has 0 bridgehead atoms. The lowest BCUT2D eigenvalue weighted by atomic mass is 9.95. The minimum Gasteiger partial charge on any atom is -0.329 e. The molecule has 0 radical (unpaired) electrons. The third-order valence-corrected chi connectivity index (χ3v) is 2.06. The zero-order valence-electron chi connectivity index (χ0n) is 4.68. The van der Waals surface area contributed by atoms with Crippen LogP contribution in [0.2, 0.25) is 0 Å². The van der Waals surface area contributed by atoms with Crippen molar-refractivity contribution in [3.8, 4) is 0 Å². The molecule has 0 aliphatic rings. The van der Waals surface area contributed by atoms with Crippen molar-refractivity contribution in [1.82, 2.24) is 0 Å². The van der Waals surface area contributed by atoms with E-state index in [0.717, 1.165) is 0 Å². The molecule has 0 spiro atoms. The molecule has 0 amide bonds. The number of hydrogen-bond acceptors (Lipinski definition) is 3. The normalized spacial score (nSPS) is 12.9. The Morgan fingerprint density at radius 2 is 2.11 bits per heavy atom. The van der Waals surface area contributed by atoms with Crippen LogP contribution >= 0.6 is 44.7 Å². The van der Waals surface area contributed by atoms with E-state index in [1.807, 2.05) is 44.7 Å². The Morgan fingerprint density at radius 3 is 2.22 bits per heavy atom. The van der Waals surface area contributed by atoms with Crippen LogP contribution in [-0.4, -0.2) is 20.7 Å². The Bertz CT molecular complexity index is 110. The van der Waals surface area contributed by atoms with Crippen molar-refractivity contribution >= 4 is 52.9 Å². The topological polar surface area (TPSA) is 69.1 Å². The van der Waals surface area contributed by atoms with Gasteiger partial charge in [0, 0.05) is 6.54 Å². The van der Waals surface area contributed by atoms with Crippen molar-refractivity contribution in [1.29, 1.82) is 0 Å². The minimum atomic E-state index is -0.483. The lowest BCUT2D eigenvalue weighted by Crippen LogP contribution is -2.41. The van der Waals surface area contributed by atoms with Crippen molar-refractivity contribution in [3.05, 3.63) is 0 Å². The van der Waals surface area contributed by atoms with Crippen molar-refractivity contribution in [2.24, 2.45) is 11.5 Å². The standard InChI is InChI=1S/C3H7BI2N2O/c5-4(6)3(9)2(8)1-7/h2H,1,7-8H2/t2-/m0/s1. The Hall–Kier alpha value is 1.11. The predicted molar refractivity (Wildman–Crippen MR) is 55.8 cm³/mol. The van der Waals surface area contributed by atoms with Crippen LogP contribution < -0.4 is 11.5 Å². The van der Waals surface area contributed by atoms with Gasteiger partial charge in [0.1, 0.15) is 5.68 Å². The Kier molecular flexibility index (Phi) is 5.46. The molecule has 6 heteroatoms. The molecular formula is C3H7BI2N2O. The van der Waals surface area contributed by atoms with E-state index in [-0.39, 0.29) is 14.7 Å². The zero-order chi connectivity index (χ0) is 7.44. The maximum atomic E-state index is 10.9. The predicted octanol–water partition coefficient (Wildman–Crippen LogP) is -0.261.